The van der Waals surface area contributed by atoms with E-state index in [-0.39, 0.29) is 11.7 Å². The van der Waals surface area contributed by atoms with Gasteiger partial charge in [-0.1, -0.05) is 55.5 Å². The third-order valence-electron chi connectivity index (χ3n) is 4.88. The number of likely N-dealkylation sites (N-methyl/N-ethyl adjacent to an activating group) is 1. The number of carbonyl (C=O) groups is 1. The molecule has 0 saturated carbocycles. The normalized spacial score (nSPS) is 11.3. The molecule has 3 rings (SSSR count). The van der Waals surface area contributed by atoms with Gasteiger partial charge in [-0.3, -0.25) is 9.69 Å². The van der Waals surface area contributed by atoms with Crippen LogP contribution in [-0.4, -0.2) is 42.0 Å². The van der Waals surface area contributed by atoms with Gasteiger partial charge in [0.05, 0.1) is 10.2 Å². The molecule has 6 heteroatoms. The highest BCUT2D eigenvalue weighted by Crippen LogP contribution is 2.30. The molecule has 0 bridgehead atoms. The van der Waals surface area contributed by atoms with Gasteiger partial charge in [-0.05, 0) is 43.3 Å². The molecule has 0 fully saturated rings. The summed E-state index contributed by atoms with van der Waals surface area (Å²) in [5, 5.41) is 0.644. The van der Waals surface area contributed by atoms with Gasteiger partial charge in [0, 0.05) is 19.5 Å². The number of hydrogen-bond acceptors (Lipinski definition) is 4. The Labute approximate surface area is 169 Å². The van der Waals surface area contributed by atoms with Crippen molar-refractivity contribution in [1.82, 2.24) is 9.88 Å². The summed E-state index contributed by atoms with van der Waals surface area (Å²) in [6.45, 7) is 7.48. The van der Waals surface area contributed by atoms with Gasteiger partial charge in [0.25, 0.3) is 0 Å². The third kappa shape index (κ3) is 5.14. The van der Waals surface area contributed by atoms with E-state index in [9.17, 15) is 9.18 Å². The van der Waals surface area contributed by atoms with E-state index in [4.69, 9.17) is 0 Å². The lowest BCUT2D eigenvalue weighted by atomic mass is 10.1. The van der Waals surface area contributed by atoms with Crippen LogP contribution in [0.15, 0.2) is 48.5 Å². The molecule has 0 radical (unpaired) electrons. The number of benzene rings is 2. The van der Waals surface area contributed by atoms with Crippen LogP contribution in [0.2, 0.25) is 0 Å². The summed E-state index contributed by atoms with van der Waals surface area (Å²) < 4.78 is 14.3. The van der Waals surface area contributed by atoms with Crippen LogP contribution in [0.4, 0.5) is 9.52 Å². The summed E-state index contributed by atoms with van der Waals surface area (Å²) in [7, 11) is 0. The van der Waals surface area contributed by atoms with E-state index in [1.165, 1.54) is 23.5 Å². The van der Waals surface area contributed by atoms with E-state index in [1.54, 1.807) is 11.0 Å². The number of hydrogen-bond donors (Lipinski definition) is 0. The standard InChI is InChI=1S/C22H26FN3OS/c1-3-25(4-2)14-15-26(21(27)13-10-17-8-6-5-7-9-17)22-24-19-12-11-18(23)16-20(19)28-22/h5-9,11-12,16H,3-4,10,13-15H2,1-2H3. The predicted octanol–water partition coefficient (Wildman–Crippen LogP) is 4.74. The highest BCUT2D eigenvalue weighted by molar-refractivity contribution is 7.22. The van der Waals surface area contributed by atoms with Crippen molar-refractivity contribution >= 4 is 32.6 Å². The molecule has 0 atom stereocenters. The van der Waals surface area contributed by atoms with E-state index in [2.05, 4.69) is 23.7 Å². The number of aromatic nitrogens is 1. The van der Waals surface area contributed by atoms with Crippen LogP contribution in [0.1, 0.15) is 25.8 Å². The third-order valence-corrected chi connectivity index (χ3v) is 5.92. The molecule has 4 nitrogen and oxygen atoms in total. The van der Waals surface area contributed by atoms with Gasteiger partial charge in [0.15, 0.2) is 5.13 Å². The van der Waals surface area contributed by atoms with Crippen molar-refractivity contribution in [2.75, 3.05) is 31.1 Å². The van der Waals surface area contributed by atoms with Crippen molar-refractivity contribution in [2.24, 2.45) is 0 Å². The number of fused-ring (bicyclic) bond motifs is 1. The van der Waals surface area contributed by atoms with Crippen molar-refractivity contribution < 1.29 is 9.18 Å². The first-order valence-electron chi connectivity index (χ1n) is 9.73. The number of rotatable bonds is 9. The molecule has 0 unspecified atom stereocenters. The summed E-state index contributed by atoms with van der Waals surface area (Å²) >= 11 is 1.37. The monoisotopic (exact) mass is 399 g/mol. The maximum Gasteiger partial charge on any atom is 0.229 e. The quantitative estimate of drug-likeness (QED) is 0.521. The van der Waals surface area contributed by atoms with Crippen LogP contribution in [0.25, 0.3) is 10.2 Å². The number of thiazole rings is 1. The molecule has 148 valence electrons. The van der Waals surface area contributed by atoms with Gasteiger partial charge < -0.3 is 4.90 Å². The first kappa shape index (κ1) is 20.4. The van der Waals surface area contributed by atoms with Crippen molar-refractivity contribution in [1.29, 1.82) is 0 Å². The average molecular weight is 400 g/mol. The molecule has 0 aliphatic carbocycles. The van der Waals surface area contributed by atoms with Crippen molar-refractivity contribution in [3.63, 3.8) is 0 Å². The number of amides is 1. The Kier molecular flexibility index (Phi) is 7.12. The summed E-state index contributed by atoms with van der Waals surface area (Å²) in [5.41, 5.74) is 1.87. The summed E-state index contributed by atoms with van der Waals surface area (Å²) in [6.07, 6.45) is 1.12. The number of carbonyl (C=O) groups excluding carboxylic acids is 1. The molecule has 0 spiro atoms. The zero-order chi connectivity index (χ0) is 19.9. The predicted molar refractivity (Wildman–Crippen MR) is 114 cm³/mol. The zero-order valence-electron chi connectivity index (χ0n) is 16.4. The average Bonchev–Trinajstić information content (AvgIpc) is 3.13. The van der Waals surface area contributed by atoms with Gasteiger partial charge in [-0.15, -0.1) is 0 Å². The maximum absolute atomic E-state index is 13.6. The van der Waals surface area contributed by atoms with Crippen molar-refractivity contribution in [3.05, 3.63) is 59.9 Å². The molecule has 0 aliphatic rings. The highest BCUT2D eigenvalue weighted by atomic mass is 32.1. The van der Waals surface area contributed by atoms with Crippen molar-refractivity contribution in [3.8, 4) is 0 Å². The maximum atomic E-state index is 13.6. The number of nitrogens with zero attached hydrogens (tertiary/aromatic N) is 3. The molecule has 1 amide bonds. The van der Waals surface area contributed by atoms with Gasteiger partial charge in [-0.25, -0.2) is 9.37 Å². The Morgan fingerprint density at radius 3 is 2.54 bits per heavy atom. The minimum Gasteiger partial charge on any atom is -0.302 e. The second kappa shape index (κ2) is 9.75. The van der Waals surface area contributed by atoms with Crippen LogP contribution < -0.4 is 4.90 Å². The lowest BCUT2D eigenvalue weighted by molar-refractivity contribution is -0.118. The van der Waals surface area contributed by atoms with E-state index in [1.807, 2.05) is 30.3 Å². The molecule has 1 heterocycles. The Morgan fingerprint density at radius 1 is 1.07 bits per heavy atom. The number of aryl methyl sites for hydroxylation is 1. The minimum atomic E-state index is -0.284. The molecule has 2 aromatic carbocycles. The van der Waals surface area contributed by atoms with E-state index in [0.29, 0.717) is 24.5 Å². The molecule has 0 N–H and O–H groups in total. The summed E-state index contributed by atoms with van der Waals surface area (Å²) in [4.78, 5) is 21.7. The summed E-state index contributed by atoms with van der Waals surface area (Å²) in [5.74, 6) is -0.233. The smallest absolute Gasteiger partial charge is 0.229 e. The van der Waals surface area contributed by atoms with E-state index < -0.39 is 0 Å². The Bertz CT molecular complexity index is 909. The Hall–Kier alpha value is -2.31. The molecular formula is C22H26FN3OS. The largest absolute Gasteiger partial charge is 0.302 e. The van der Waals surface area contributed by atoms with Crippen LogP contribution in [0.5, 0.6) is 0 Å². The van der Waals surface area contributed by atoms with Crippen LogP contribution >= 0.6 is 11.3 Å². The second-order valence-electron chi connectivity index (χ2n) is 6.67. The Morgan fingerprint density at radius 2 is 1.82 bits per heavy atom. The molecule has 1 aromatic heterocycles. The Balaban J connectivity index is 1.79. The highest BCUT2D eigenvalue weighted by Gasteiger charge is 2.20. The van der Waals surface area contributed by atoms with Crippen LogP contribution in [-0.2, 0) is 11.2 Å². The first-order chi connectivity index (χ1) is 13.6. The molecule has 0 aliphatic heterocycles. The molecule has 28 heavy (non-hydrogen) atoms. The summed E-state index contributed by atoms with van der Waals surface area (Å²) in [6, 6.07) is 14.6. The van der Waals surface area contributed by atoms with Crippen LogP contribution in [0, 0.1) is 5.82 Å². The van der Waals surface area contributed by atoms with Gasteiger partial charge in [0.2, 0.25) is 5.91 Å². The fraction of sp³-hybridized carbons (Fsp3) is 0.364. The van der Waals surface area contributed by atoms with Gasteiger partial charge >= 0.3 is 0 Å². The van der Waals surface area contributed by atoms with Crippen LogP contribution in [0.3, 0.4) is 0 Å². The lowest BCUT2D eigenvalue weighted by Crippen LogP contribution is -2.39. The molecular weight excluding hydrogens is 373 g/mol. The van der Waals surface area contributed by atoms with Gasteiger partial charge in [-0.2, -0.15) is 0 Å². The van der Waals surface area contributed by atoms with Crippen molar-refractivity contribution in [2.45, 2.75) is 26.7 Å². The number of anilines is 1. The zero-order valence-corrected chi connectivity index (χ0v) is 17.2. The fourth-order valence-corrected chi connectivity index (χ4v) is 4.17. The lowest BCUT2D eigenvalue weighted by Gasteiger charge is -2.24. The first-order valence-corrected chi connectivity index (χ1v) is 10.5. The SMILES string of the molecule is CCN(CC)CCN(C(=O)CCc1ccccc1)c1nc2ccc(F)cc2s1. The molecule has 3 aromatic rings. The second-order valence-corrected chi connectivity index (χ2v) is 7.68. The number of halogens is 1. The minimum absolute atomic E-state index is 0.0514. The van der Waals surface area contributed by atoms with E-state index >= 15 is 0 Å². The molecule has 0 saturated heterocycles. The van der Waals surface area contributed by atoms with E-state index in [0.717, 1.165) is 35.4 Å². The van der Waals surface area contributed by atoms with Gasteiger partial charge in [0.1, 0.15) is 5.82 Å². The topological polar surface area (TPSA) is 36.4 Å². The fourth-order valence-electron chi connectivity index (χ4n) is 3.14.